The quantitative estimate of drug-likeness (QED) is 0.532. The molecule has 0 aliphatic carbocycles. The zero-order valence-corrected chi connectivity index (χ0v) is 16.5. The number of phenols is 1. The summed E-state index contributed by atoms with van der Waals surface area (Å²) >= 11 is 3.20. The second-order valence-corrected chi connectivity index (χ2v) is 6.10. The van der Waals surface area contributed by atoms with Gasteiger partial charge in [0.15, 0.2) is 23.0 Å². The molecule has 0 bridgehead atoms. The van der Waals surface area contributed by atoms with E-state index in [1.807, 2.05) is 6.07 Å². The van der Waals surface area contributed by atoms with Gasteiger partial charge in [0.05, 0.1) is 25.8 Å². The molecular formula is C19H17BrN2O5. The van der Waals surface area contributed by atoms with Crippen LogP contribution in [-0.4, -0.2) is 32.3 Å². The van der Waals surface area contributed by atoms with E-state index >= 15 is 0 Å². The maximum Gasteiger partial charge on any atom is 0.266 e. The van der Waals surface area contributed by atoms with Crippen molar-refractivity contribution < 1.29 is 24.1 Å². The topological polar surface area (TPSA) is 101 Å². The number of benzene rings is 2. The molecule has 2 N–H and O–H groups in total. The van der Waals surface area contributed by atoms with Crippen molar-refractivity contribution in [2.75, 3.05) is 26.6 Å². The second kappa shape index (κ2) is 8.96. The number of hydrogen-bond acceptors (Lipinski definition) is 6. The van der Waals surface area contributed by atoms with Crippen LogP contribution in [0.1, 0.15) is 5.56 Å². The molecular weight excluding hydrogens is 416 g/mol. The number of methoxy groups -OCH3 is 3. The van der Waals surface area contributed by atoms with E-state index in [4.69, 9.17) is 14.2 Å². The standard InChI is InChI=1S/C19H17BrN2O5/c1-25-15-5-4-13(9-16(15)26-2)22-19(24)12(10-21)6-11-7-14(20)18(23)17(8-11)27-3/h4-9,23H,1-3H3,(H,22,24). The lowest BCUT2D eigenvalue weighted by atomic mass is 10.1. The summed E-state index contributed by atoms with van der Waals surface area (Å²) in [6, 6.07) is 9.82. The molecule has 7 nitrogen and oxygen atoms in total. The van der Waals surface area contributed by atoms with Gasteiger partial charge < -0.3 is 24.6 Å². The van der Waals surface area contributed by atoms with E-state index in [1.165, 1.54) is 33.5 Å². The highest BCUT2D eigenvalue weighted by Gasteiger charge is 2.13. The Bertz CT molecular complexity index is 934. The minimum Gasteiger partial charge on any atom is -0.503 e. The van der Waals surface area contributed by atoms with Crippen molar-refractivity contribution in [1.82, 2.24) is 0 Å². The van der Waals surface area contributed by atoms with Crippen LogP contribution >= 0.6 is 15.9 Å². The molecule has 0 unspecified atom stereocenters. The molecule has 0 fully saturated rings. The number of aromatic hydroxyl groups is 1. The van der Waals surface area contributed by atoms with Gasteiger partial charge >= 0.3 is 0 Å². The van der Waals surface area contributed by atoms with E-state index in [0.29, 0.717) is 27.2 Å². The molecule has 0 atom stereocenters. The van der Waals surface area contributed by atoms with Crippen LogP contribution in [0.4, 0.5) is 5.69 Å². The molecule has 0 aromatic heterocycles. The summed E-state index contributed by atoms with van der Waals surface area (Å²) in [5.74, 6) is 0.529. The van der Waals surface area contributed by atoms with E-state index in [9.17, 15) is 15.2 Å². The number of amides is 1. The van der Waals surface area contributed by atoms with Gasteiger partial charge in [-0.3, -0.25) is 4.79 Å². The van der Waals surface area contributed by atoms with Crippen molar-refractivity contribution in [2.24, 2.45) is 0 Å². The molecule has 8 heteroatoms. The van der Waals surface area contributed by atoms with Gasteiger partial charge in [-0.15, -0.1) is 0 Å². The number of hydrogen-bond donors (Lipinski definition) is 2. The number of phenolic OH excluding ortho intramolecular Hbond substituents is 1. The first-order valence-electron chi connectivity index (χ1n) is 7.65. The molecule has 1 amide bonds. The Morgan fingerprint density at radius 1 is 1.11 bits per heavy atom. The predicted octanol–water partition coefficient (Wildman–Crippen LogP) is 3.73. The third-order valence-electron chi connectivity index (χ3n) is 3.59. The summed E-state index contributed by atoms with van der Waals surface area (Å²) in [5, 5.41) is 21.8. The molecule has 0 saturated carbocycles. The Labute approximate surface area is 164 Å². The van der Waals surface area contributed by atoms with Gasteiger partial charge in [-0.25, -0.2) is 0 Å². The molecule has 2 aromatic rings. The van der Waals surface area contributed by atoms with Crippen LogP contribution in [0.25, 0.3) is 6.08 Å². The number of nitriles is 1. The Hall–Kier alpha value is -3.18. The summed E-state index contributed by atoms with van der Waals surface area (Å²) in [4.78, 5) is 12.4. The lowest BCUT2D eigenvalue weighted by molar-refractivity contribution is -0.112. The molecule has 27 heavy (non-hydrogen) atoms. The van der Waals surface area contributed by atoms with Crippen molar-refractivity contribution in [2.45, 2.75) is 0 Å². The number of anilines is 1. The van der Waals surface area contributed by atoms with Crippen LogP contribution < -0.4 is 19.5 Å². The first-order valence-corrected chi connectivity index (χ1v) is 8.44. The van der Waals surface area contributed by atoms with Crippen molar-refractivity contribution in [3.8, 4) is 29.1 Å². The van der Waals surface area contributed by atoms with Gasteiger partial charge in [0.2, 0.25) is 0 Å². The third-order valence-corrected chi connectivity index (χ3v) is 4.19. The molecule has 0 spiro atoms. The van der Waals surface area contributed by atoms with Crippen molar-refractivity contribution in [3.63, 3.8) is 0 Å². The summed E-state index contributed by atoms with van der Waals surface area (Å²) in [6.07, 6.45) is 1.39. The van der Waals surface area contributed by atoms with Gasteiger partial charge in [-0.2, -0.15) is 5.26 Å². The van der Waals surface area contributed by atoms with Crippen LogP contribution in [0.15, 0.2) is 40.4 Å². The van der Waals surface area contributed by atoms with Gasteiger partial charge in [0.1, 0.15) is 11.6 Å². The average Bonchev–Trinajstić information content (AvgIpc) is 2.68. The fraction of sp³-hybridized carbons (Fsp3) is 0.158. The van der Waals surface area contributed by atoms with Crippen LogP contribution in [0.5, 0.6) is 23.0 Å². The maximum absolute atomic E-state index is 12.4. The molecule has 0 aliphatic rings. The SMILES string of the molecule is COc1ccc(NC(=O)C(C#N)=Cc2cc(Br)c(O)c(OC)c2)cc1OC. The normalized spacial score (nSPS) is 10.7. The number of nitrogens with zero attached hydrogens (tertiary/aromatic N) is 1. The summed E-state index contributed by atoms with van der Waals surface area (Å²) in [5.41, 5.74) is 0.836. The summed E-state index contributed by atoms with van der Waals surface area (Å²) in [6.45, 7) is 0. The Morgan fingerprint density at radius 3 is 2.37 bits per heavy atom. The number of ether oxygens (including phenoxy) is 3. The Balaban J connectivity index is 2.30. The first-order chi connectivity index (χ1) is 12.9. The minimum absolute atomic E-state index is 0.0667. The molecule has 0 heterocycles. The minimum atomic E-state index is -0.590. The van der Waals surface area contributed by atoms with Gasteiger partial charge in [0.25, 0.3) is 5.91 Å². The molecule has 140 valence electrons. The highest BCUT2D eigenvalue weighted by Crippen LogP contribution is 2.36. The van der Waals surface area contributed by atoms with Crippen LogP contribution in [-0.2, 0) is 4.79 Å². The fourth-order valence-electron chi connectivity index (χ4n) is 2.26. The Morgan fingerprint density at radius 2 is 1.78 bits per heavy atom. The lowest BCUT2D eigenvalue weighted by Crippen LogP contribution is -2.13. The van der Waals surface area contributed by atoms with E-state index in [0.717, 1.165) is 0 Å². The van der Waals surface area contributed by atoms with Crippen molar-refractivity contribution in [1.29, 1.82) is 5.26 Å². The highest BCUT2D eigenvalue weighted by molar-refractivity contribution is 9.10. The molecule has 2 rings (SSSR count). The molecule has 0 saturated heterocycles. The van der Waals surface area contributed by atoms with E-state index < -0.39 is 5.91 Å². The first kappa shape index (κ1) is 20.1. The Kier molecular flexibility index (Phi) is 6.68. The number of carbonyl (C=O) groups is 1. The van der Waals surface area contributed by atoms with Crippen molar-refractivity contribution >= 4 is 33.6 Å². The van der Waals surface area contributed by atoms with Crippen LogP contribution in [0.2, 0.25) is 0 Å². The van der Waals surface area contributed by atoms with E-state index in [-0.39, 0.29) is 17.1 Å². The fourth-order valence-corrected chi connectivity index (χ4v) is 2.72. The lowest BCUT2D eigenvalue weighted by Gasteiger charge is -2.10. The monoisotopic (exact) mass is 432 g/mol. The average molecular weight is 433 g/mol. The van der Waals surface area contributed by atoms with Gasteiger partial charge in [-0.1, -0.05) is 0 Å². The van der Waals surface area contributed by atoms with Gasteiger partial charge in [-0.05, 0) is 51.8 Å². The third kappa shape index (κ3) is 4.71. The van der Waals surface area contributed by atoms with Crippen molar-refractivity contribution in [3.05, 3.63) is 45.9 Å². The number of carbonyl (C=O) groups excluding carboxylic acids is 1. The number of halogens is 1. The zero-order valence-electron chi connectivity index (χ0n) is 14.9. The van der Waals surface area contributed by atoms with Crippen LogP contribution in [0, 0.1) is 11.3 Å². The number of rotatable bonds is 6. The largest absolute Gasteiger partial charge is 0.503 e. The molecule has 0 radical (unpaired) electrons. The predicted molar refractivity (Wildman–Crippen MR) is 104 cm³/mol. The van der Waals surface area contributed by atoms with Gasteiger partial charge in [0, 0.05) is 11.8 Å². The summed E-state index contributed by atoms with van der Waals surface area (Å²) < 4.78 is 15.8. The highest BCUT2D eigenvalue weighted by atomic mass is 79.9. The van der Waals surface area contributed by atoms with E-state index in [2.05, 4.69) is 21.2 Å². The van der Waals surface area contributed by atoms with Crippen LogP contribution in [0.3, 0.4) is 0 Å². The smallest absolute Gasteiger partial charge is 0.266 e. The summed E-state index contributed by atoms with van der Waals surface area (Å²) in [7, 11) is 4.40. The zero-order chi connectivity index (χ0) is 20.0. The number of nitrogens with one attached hydrogen (secondary N) is 1. The molecule has 2 aromatic carbocycles. The maximum atomic E-state index is 12.4. The second-order valence-electron chi connectivity index (χ2n) is 5.25. The molecule has 0 aliphatic heterocycles. The van der Waals surface area contributed by atoms with E-state index in [1.54, 1.807) is 24.3 Å².